The minimum atomic E-state index is -0.344. The molecule has 2 heterocycles. The number of carbonyl (C=O) groups is 1. The number of anilines is 1. The summed E-state index contributed by atoms with van der Waals surface area (Å²) in [6, 6.07) is 14.4. The Labute approximate surface area is 168 Å². The van der Waals surface area contributed by atoms with Gasteiger partial charge in [-0.15, -0.1) is 0 Å². The van der Waals surface area contributed by atoms with Crippen LogP contribution < -0.4 is 5.32 Å². The first-order chi connectivity index (χ1) is 13.6. The van der Waals surface area contributed by atoms with Crippen LogP contribution in [0.1, 0.15) is 28.9 Å². The standard InChI is InChI=1S/C22H22FN3OS/c1-15(16-5-3-2-4-6-16)25-21-18-13-17(23)7-8-20(18)24-14-19(21)22(27)26-9-11-28-12-10-26/h2-8,13-15H,9-12H2,1H3,(H,24,25)/t15-/m0/s1. The summed E-state index contributed by atoms with van der Waals surface area (Å²) < 4.78 is 14.0. The summed E-state index contributed by atoms with van der Waals surface area (Å²) in [4.78, 5) is 19.5. The van der Waals surface area contributed by atoms with Gasteiger partial charge in [-0.1, -0.05) is 30.3 Å². The predicted octanol–water partition coefficient (Wildman–Crippen LogP) is 4.74. The first-order valence-electron chi connectivity index (χ1n) is 9.40. The molecule has 4 nitrogen and oxygen atoms in total. The maximum Gasteiger partial charge on any atom is 0.257 e. The number of carbonyl (C=O) groups excluding carboxylic acids is 1. The molecule has 144 valence electrons. The number of fused-ring (bicyclic) bond motifs is 1. The largest absolute Gasteiger partial charge is 0.377 e. The summed E-state index contributed by atoms with van der Waals surface area (Å²) in [6.45, 7) is 3.48. The molecule has 0 aliphatic carbocycles. The molecule has 2 aromatic carbocycles. The molecular formula is C22H22FN3OS. The van der Waals surface area contributed by atoms with E-state index in [0.717, 1.165) is 30.2 Å². The summed E-state index contributed by atoms with van der Waals surface area (Å²) in [5.74, 6) is 1.47. The first kappa shape index (κ1) is 18.7. The van der Waals surface area contributed by atoms with Crippen LogP contribution in [0.4, 0.5) is 10.1 Å². The lowest BCUT2D eigenvalue weighted by Crippen LogP contribution is -2.38. The van der Waals surface area contributed by atoms with Crippen LogP contribution in [0.25, 0.3) is 10.9 Å². The zero-order chi connectivity index (χ0) is 19.5. The van der Waals surface area contributed by atoms with Crippen LogP contribution in [0.5, 0.6) is 0 Å². The highest BCUT2D eigenvalue weighted by molar-refractivity contribution is 7.99. The van der Waals surface area contributed by atoms with Gasteiger partial charge in [0.05, 0.1) is 16.8 Å². The normalized spacial score (nSPS) is 15.4. The monoisotopic (exact) mass is 395 g/mol. The molecule has 0 unspecified atom stereocenters. The minimum Gasteiger partial charge on any atom is -0.377 e. The molecule has 6 heteroatoms. The molecule has 3 aromatic rings. The topological polar surface area (TPSA) is 45.2 Å². The fourth-order valence-electron chi connectivity index (χ4n) is 3.46. The van der Waals surface area contributed by atoms with E-state index in [0.29, 0.717) is 22.2 Å². The first-order valence-corrected chi connectivity index (χ1v) is 10.6. The molecule has 0 radical (unpaired) electrons. The number of halogens is 1. The Morgan fingerprint density at radius 3 is 2.68 bits per heavy atom. The van der Waals surface area contributed by atoms with Gasteiger partial charge in [0.2, 0.25) is 0 Å². The van der Waals surface area contributed by atoms with Crippen molar-refractivity contribution in [3.63, 3.8) is 0 Å². The number of nitrogens with zero attached hydrogens (tertiary/aromatic N) is 2. The summed E-state index contributed by atoms with van der Waals surface area (Å²) >= 11 is 1.85. The second kappa shape index (κ2) is 8.19. The van der Waals surface area contributed by atoms with Crippen molar-refractivity contribution in [3.05, 3.63) is 71.7 Å². The van der Waals surface area contributed by atoms with E-state index in [9.17, 15) is 9.18 Å². The molecule has 0 spiro atoms. The van der Waals surface area contributed by atoms with Crippen molar-refractivity contribution in [1.82, 2.24) is 9.88 Å². The zero-order valence-electron chi connectivity index (χ0n) is 15.7. The van der Waals surface area contributed by atoms with Gasteiger partial charge in [-0.05, 0) is 30.7 Å². The highest BCUT2D eigenvalue weighted by atomic mass is 32.2. The molecule has 1 aliphatic heterocycles. The number of aromatic nitrogens is 1. The van der Waals surface area contributed by atoms with Gasteiger partial charge in [0.15, 0.2) is 0 Å². The molecular weight excluding hydrogens is 373 g/mol. The van der Waals surface area contributed by atoms with Crippen molar-refractivity contribution in [2.24, 2.45) is 0 Å². The van der Waals surface area contributed by atoms with Gasteiger partial charge >= 0.3 is 0 Å². The van der Waals surface area contributed by atoms with Gasteiger partial charge < -0.3 is 10.2 Å². The van der Waals surface area contributed by atoms with Gasteiger partial charge in [-0.2, -0.15) is 11.8 Å². The van der Waals surface area contributed by atoms with E-state index in [-0.39, 0.29) is 17.8 Å². The third kappa shape index (κ3) is 3.83. The fraction of sp³-hybridized carbons (Fsp3) is 0.273. The Morgan fingerprint density at radius 2 is 1.93 bits per heavy atom. The highest BCUT2D eigenvalue weighted by Gasteiger charge is 2.24. The van der Waals surface area contributed by atoms with Crippen LogP contribution in [0.3, 0.4) is 0 Å². The van der Waals surface area contributed by atoms with E-state index in [4.69, 9.17) is 0 Å². The third-order valence-corrected chi connectivity index (χ3v) is 5.96. The van der Waals surface area contributed by atoms with Crippen molar-refractivity contribution in [3.8, 4) is 0 Å². The molecule has 1 atom stereocenters. The molecule has 0 bridgehead atoms. The van der Waals surface area contributed by atoms with E-state index in [1.807, 2.05) is 53.9 Å². The molecule has 1 N–H and O–H groups in total. The maximum absolute atomic E-state index is 14.0. The molecule has 1 aromatic heterocycles. The fourth-order valence-corrected chi connectivity index (χ4v) is 4.36. The third-order valence-electron chi connectivity index (χ3n) is 5.02. The number of pyridine rings is 1. The van der Waals surface area contributed by atoms with Crippen LogP contribution in [-0.2, 0) is 0 Å². The molecule has 0 saturated carbocycles. The second-order valence-electron chi connectivity index (χ2n) is 6.89. The molecule has 1 saturated heterocycles. The van der Waals surface area contributed by atoms with Crippen LogP contribution in [0.15, 0.2) is 54.7 Å². The number of hydrogen-bond donors (Lipinski definition) is 1. The number of benzene rings is 2. The smallest absolute Gasteiger partial charge is 0.257 e. The molecule has 1 fully saturated rings. The number of rotatable bonds is 4. The lowest BCUT2D eigenvalue weighted by Gasteiger charge is -2.28. The number of hydrogen-bond acceptors (Lipinski definition) is 4. The van der Waals surface area contributed by atoms with E-state index in [2.05, 4.69) is 10.3 Å². The van der Waals surface area contributed by atoms with E-state index < -0.39 is 0 Å². The second-order valence-corrected chi connectivity index (χ2v) is 8.11. The quantitative estimate of drug-likeness (QED) is 0.693. The molecule has 4 rings (SSSR count). The summed E-state index contributed by atoms with van der Waals surface area (Å²) in [6.07, 6.45) is 1.62. The van der Waals surface area contributed by atoms with Gasteiger partial charge in [-0.25, -0.2) is 4.39 Å². The number of thioether (sulfide) groups is 1. The van der Waals surface area contributed by atoms with E-state index in [1.165, 1.54) is 12.1 Å². The van der Waals surface area contributed by atoms with Crippen LogP contribution in [0, 0.1) is 5.82 Å². The van der Waals surface area contributed by atoms with Crippen molar-refractivity contribution >= 4 is 34.3 Å². The van der Waals surface area contributed by atoms with Gasteiger partial charge in [0.1, 0.15) is 5.82 Å². The highest BCUT2D eigenvalue weighted by Crippen LogP contribution is 2.31. The van der Waals surface area contributed by atoms with Crippen molar-refractivity contribution in [2.75, 3.05) is 29.9 Å². The Bertz CT molecular complexity index is 990. The van der Waals surface area contributed by atoms with Crippen LogP contribution >= 0.6 is 11.8 Å². The SMILES string of the molecule is C[C@H](Nc1c(C(=O)N2CCSCC2)cnc2ccc(F)cc12)c1ccccc1. The van der Waals surface area contributed by atoms with Gasteiger partial charge in [-0.3, -0.25) is 9.78 Å². The molecule has 28 heavy (non-hydrogen) atoms. The number of amides is 1. The van der Waals surface area contributed by atoms with Crippen LogP contribution in [-0.4, -0.2) is 40.4 Å². The Hall–Kier alpha value is -2.60. The van der Waals surface area contributed by atoms with Gasteiger partial charge in [0.25, 0.3) is 5.91 Å². The van der Waals surface area contributed by atoms with Crippen molar-refractivity contribution in [2.45, 2.75) is 13.0 Å². The van der Waals surface area contributed by atoms with E-state index >= 15 is 0 Å². The van der Waals surface area contributed by atoms with Crippen molar-refractivity contribution in [1.29, 1.82) is 0 Å². The zero-order valence-corrected chi connectivity index (χ0v) is 16.5. The number of nitrogens with one attached hydrogen (secondary N) is 1. The predicted molar refractivity (Wildman–Crippen MR) is 113 cm³/mol. The lowest BCUT2D eigenvalue weighted by atomic mass is 10.0. The maximum atomic E-state index is 14.0. The van der Waals surface area contributed by atoms with E-state index in [1.54, 1.807) is 12.3 Å². The van der Waals surface area contributed by atoms with Crippen molar-refractivity contribution < 1.29 is 9.18 Å². The summed E-state index contributed by atoms with van der Waals surface area (Å²) in [5, 5.41) is 4.08. The summed E-state index contributed by atoms with van der Waals surface area (Å²) in [5.41, 5.74) is 2.89. The Morgan fingerprint density at radius 1 is 1.18 bits per heavy atom. The average Bonchev–Trinajstić information content (AvgIpc) is 2.75. The average molecular weight is 396 g/mol. The lowest BCUT2D eigenvalue weighted by molar-refractivity contribution is 0.0773. The minimum absolute atomic E-state index is 0.0430. The summed E-state index contributed by atoms with van der Waals surface area (Å²) in [7, 11) is 0. The Balaban J connectivity index is 1.78. The molecule has 1 amide bonds. The molecule has 1 aliphatic rings. The van der Waals surface area contributed by atoms with Gasteiger partial charge in [0, 0.05) is 42.2 Å². The van der Waals surface area contributed by atoms with Crippen LogP contribution in [0.2, 0.25) is 0 Å². The Kier molecular flexibility index (Phi) is 5.48.